The molecule has 0 saturated carbocycles. The van der Waals surface area contributed by atoms with Crippen LogP contribution in [0.25, 0.3) is 10.8 Å². The van der Waals surface area contributed by atoms with Crippen LogP contribution in [0.2, 0.25) is 0 Å². The molecule has 0 bridgehead atoms. The van der Waals surface area contributed by atoms with Gasteiger partial charge in [0, 0.05) is 42.6 Å². The van der Waals surface area contributed by atoms with E-state index in [1.165, 1.54) is 6.20 Å². The average molecular weight is 285 g/mol. The van der Waals surface area contributed by atoms with Crippen LogP contribution in [0.5, 0.6) is 0 Å². The molecule has 3 rings (SSSR count). The third-order valence-corrected chi connectivity index (χ3v) is 4.11. The van der Waals surface area contributed by atoms with Crippen LogP contribution >= 0.6 is 0 Å². The molecule has 1 aliphatic rings. The Morgan fingerprint density at radius 2 is 2.00 bits per heavy atom. The van der Waals surface area contributed by atoms with Gasteiger partial charge in [-0.15, -0.1) is 0 Å². The van der Waals surface area contributed by atoms with Crippen molar-refractivity contribution < 1.29 is 9.90 Å². The largest absolute Gasteiger partial charge is 0.478 e. The van der Waals surface area contributed by atoms with Gasteiger partial charge < -0.3 is 14.9 Å². The number of hydrogen-bond acceptors (Lipinski definition) is 4. The second-order valence-corrected chi connectivity index (χ2v) is 5.65. The molecule has 0 radical (unpaired) electrons. The summed E-state index contributed by atoms with van der Waals surface area (Å²) in [6.45, 7) is 5.05. The standard InChI is InChI=1S/C16H19N3O2/c1-11-10-18(2)7-8-19(11)15-13-6-4-3-5-12(13)14(9-17-15)16(20)21/h3-6,9,11H,7-8,10H2,1-2H3,(H,20,21). The van der Waals surface area contributed by atoms with Gasteiger partial charge in [0.1, 0.15) is 5.82 Å². The van der Waals surface area contributed by atoms with Crippen LogP contribution in [-0.2, 0) is 0 Å². The first-order chi connectivity index (χ1) is 10.1. The van der Waals surface area contributed by atoms with Crippen molar-refractivity contribution >= 4 is 22.6 Å². The zero-order chi connectivity index (χ0) is 15.0. The molecule has 2 heterocycles. The molecule has 1 saturated heterocycles. The van der Waals surface area contributed by atoms with Gasteiger partial charge in [0.25, 0.3) is 0 Å². The highest BCUT2D eigenvalue weighted by atomic mass is 16.4. The minimum Gasteiger partial charge on any atom is -0.478 e. The Kier molecular flexibility index (Phi) is 3.51. The summed E-state index contributed by atoms with van der Waals surface area (Å²) in [6, 6.07) is 7.96. The number of benzene rings is 1. The van der Waals surface area contributed by atoms with Crippen LogP contribution in [0.3, 0.4) is 0 Å². The molecule has 110 valence electrons. The van der Waals surface area contributed by atoms with Crippen molar-refractivity contribution in [1.82, 2.24) is 9.88 Å². The van der Waals surface area contributed by atoms with Gasteiger partial charge in [0.15, 0.2) is 0 Å². The number of carbonyl (C=O) groups is 1. The molecule has 5 nitrogen and oxygen atoms in total. The summed E-state index contributed by atoms with van der Waals surface area (Å²) in [5.41, 5.74) is 0.260. The Morgan fingerprint density at radius 1 is 1.29 bits per heavy atom. The number of carboxylic acids is 1. The topological polar surface area (TPSA) is 56.7 Å². The fraction of sp³-hybridized carbons (Fsp3) is 0.375. The van der Waals surface area contributed by atoms with Gasteiger partial charge in [-0.2, -0.15) is 0 Å². The van der Waals surface area contributed by atoms with Crippen LogP contribution in [0, 0.1) is 0 Å². The van der Waals surface area contributed by atoms with Gasteiger partial charge in [0.2, 0.25) is 0 Å². The molecule has 5 heteroatoms. The first kappa shape index (κ1) is 13.8. The number of anilines is 1. The Balaban J connectivity index is 2.12. The summed E-state index contributed by atoms with van der Waals surface area (Å²) in [5.74, 6) is -0.0483. The van der Waals surface area contributed by atoms with Crippen LogP contribution < -0.4 is 4.90 Å². The van der Waals surface area contributed by atoms with E-state index in [0.717, 1.165) is 36.2 Å². The molecule has 1 N–H and O–H groups in total. The first-order valence-electron chi connectivity index (χ1n) is 7.14. The maximum Gasteiger partial charge on any atom is 0.337 e. The molecule has 1 fully saturated rings. The van der Waals surface area contributed by atoms with E-state index in [0.29, 0.717) is 6.04 Å². The molecule has 0 aliphatic carbocycles. The van der Waals surface area contributed by atoms with Gasteiger partial charge in [-0.3, -0.25) is 0 Å². The van der Waals surface area contributed by atoms with Gasteiger partial charge in [-0.25, -0.2) is 9.78 Å². The molecule has 1 aliphatic heterocycles. The molecule has 1 unspecified atom stereocenters. The fourth-order valence-electron chi connectivity index (χ4n) is 3.03. The number of aromatic nitrogens is 1. The Hall–Kier alpha value is -2.14. The smallest absolute Gasteiger partial charge is 0.337 e. The van der Waals surface area contributed by atoms with E-state index in [1.807, 2.05) is 24.3 Å². The lowest BCUT2D eigenvalue weighted by Crippen LogP contribution is -2.50. The lowest BCUT2D eigenvalue weighted by molar-refractivity contribution is 0.0698. The summed E-state index contributed by atoms with van der Waals surface area (Å²) in [6.07, 6.45) is 1.48. The molecule has 0 amide bonds. The highest BCUT2D eigenvalue weighted by Gasteiger charge is 2.25. The number of carboxylic acid groups (broad SMARTS) is 1. The summed E-state index contributed by atoms with van der Waals surface area (Å²) in [5, 5.41) is 11.0. The van der Waals surface area contributed by atoms with Gasteiger partial charge >= 0.3 is 5.97 Å². The van der Waals surface area contributed by atoms with Crippen molar-refractivity contribution in [3.8, 4) is 0 Å². The van der Waals surface area contributed by atoms with Crippen molar-refractivity contribution in [1.29, 1.82) is 0 Å². The van der Waals surface area contributed by atoms with Gasteiger partial charge in [-0.05, 0) is 14.0 Å². The van der Waals surface area contributed by atoms with Crippen LogP contribution in [0.4, 0.5) is 5.82 Å². The maximum absolute atomic E-state index is 11.3. The molecule has 0 spiro atoms. The Bertz CT molecular complexity index is 686. The van der Waals surface area contributed by atoms with Crippen molar-refractivity contribution in [3.63, 3.8) is 0 Å². The SMILES string of the molecule is CC1CN(C)CCN1c1ncc(C(=O)O)c2ccccc12. The predicted molar refractivity (Wildman–Crippen MR) is 83.0 cm³/mol. The second kappa shape index (κ2) is 5.33. The molecule has 1 atom stereocenters. The van der Waals surface area contributed by atoms with Crippen molar-refractivity contribution in [2.75, 3.05) is 31.6 Å². The molecule has 1 aromatic heterocycles. The molecule has 2 aromatic rings. The Labute approximate surface area is 123 Å². The van der Waals surface area contributed by atoms with E-state index in [9.17, 15) is 9.90 Å². The number of hydrogen-bond donors (Lipinski definition) is 1. The average Bonchev–Trinajstić information content (AvgIpc) is 2.46. The number of rotatable bonds is 2. The number of pyridine rings is 1. The lowest BCUT2D eigenvalue weighted by Gasteiger charge is -2.39. The zero-order valence-electron chi connectivity index (χ0n) is 12.3. The number of likely N-dealkylation sites (N-methyl/N-ethyl adjacent to an activating group) is 1. The monoisotopic (exact) mass is 285 g/mol. The molecule has 21 heavy (non-hydrogen) atoms. The van der Waals surface area contributed by atoms with Crippen LogP contribution in [-0.4, -0.2) is 53.7 Å². The van der Waals surface area contributed by atoms with E-state index in [2.05, 4.69) is 28.8 Å². The van der Waals surface area contributed by atoms with Crippen molar-refractivity contribution in [2.45, 2.75) is 13.0 Å². The highest BCUT2D eigenvalue weighted by Crippen LogP contribution is 2.29. The van der Waals surface area contributed by atoms with Crippen LogP contribution in [0.1, 0.15) is 17.3 Å². The van der Waals surface area contributed by atoms with Crippen molar-refractivity contribution in [3.05, 3.63) is 36.0 Å². The minimum absolute atomic E-state index is 0.260. The third kappa shape index (κ3) is 2.45. The van der Waals surface area contributed by atoms with Gasteiger partial charge in [0.05, 0.1) is 5.56 Å². The number of nitrogens with zero attached hydrogens (tertiary/aromatic N) is 3. The zero-order valence-corrected chi connectivity index (χ0v) is 12.3. The lowest BCUT2D eigenvalue weighted by atomic mass is 10.1. The van der Waals surface area contributed by atoms with Gasteiger partial charge in [-0.1, -0.05) is 24.3 Å². The first-order valence-corrected chi connectivity index (χ1v) is 7.14. The number of fused-ring (bicyclic) bond motifs is 1. The second-order valence-electron chi connectivity index (χ2n) is 5.65. The summed E-state index contributed by atoms with van der Waals surface area (Å²) >= 11 is 0. The maximum atomic E-state index is 11.3. The summed E-state index contributed by atoms with van der Waals surface area (Å²) in [7, 11) is 2.12. The quantitative estimate of drug-likeness (QED) is 0.915. The highest BCUT2D eigenvalue weighted by molar-refractivity contribution is 6.06. The van der Waals surface area contributed by atoms with E-state index < -0.39 is 5.97 Å². The third-order valence-electron chi connectivity index (χ3n) is 4.11. The normalized spacial score (nSPS) is 19.9. The molecular weight excluding hydrogens is 266 g/mol. The molecular formula is C16H19N3O2. The Morgan fingerprint density at radius 3 is 2.67 bits per heavy atom. The number of piperazine rings is 1. The van der Waals surface area contributed by atoms with E-state index in [1.54, 1.807) is 0 Å². The predicted octanol–water partition coefficient (Wildman–Crippen LogP) is 2.07. The minimum atomic E-state index is -0.934. The van der Waals surface area contributed by atoms with E-state index >= 15 is 0 Å². The number of aromatic carboxylic acids is 1. The van der Waals surface area contributed by atoms with E-state index in [-0.39, 0.29) is 5.56 Å². The fourth-order valence-corrected chi connectivity index (χ4v) is 3.03. The molecule has 1 aromatic carbocycles. The summed E-state index contributed by atoms with van der Waals surface area (Å²) < 4.78 is 0. The van der Waals surface area contributed by atoms with Crippen molar-refractivity contribution in [2.24, 2.45) is 0 Å². The van der Waals surface area contributed by atoms with Crippen LogP contribution in [0.15, 0.2) is 30.5 Å². The summed E-state index contributed by atoms with van der Waals surface area (Å²) in [4.78, 5) is 20.4. The van der Waals surface area contributed by atoms with E-state index in [4.69, 9.17) is 0 Å².